The summed E-state index contributed by atoms with van der Waals surface area (Å²) >= 11 is 0. The minimum Gasteiger partial charge on any atom is -0.463 e. The molecule has 0 radical (unpaired) electrons. The van der Waals surface area contributed by atoms with Gasteiger partial charge in [0, 0.05) is 0 Å². The van der Waals surface area contributed by atoms with Crippen molar-refractivity contribution in [2.24, 2.45) is 10.2 Å². The first-order chi connectivity index (χ1) is 5.83. The van der Waals surface area contributed by atoms with Crippen molar-refractivity contribution in [1.29, 1.82) is 5.53 Å². The van der Waals surface area contributed by atoms with Gasteiger partial charge in [-0.05, 0) is 12.1 Å². The van der Waals surface area contributed by atoms with Crippen LogP contribution in [0, 0.1) is 5.53 Å². The van der Waals surface area contributed by atoms with Crippen LogP contribution in [-0.2, 0) is 0 Å². The van der Waals surface area contributed by atoms with Crippen LogP contribution in [-0.4, -0.2) is 12.2 Å². The van der Waals surface area contributed by atoms with Crippen LogP contribution in [0.4, 0.5) is 4.79 Å². The summed E-state index contributed by atoms with van der Waals surface area (Å²) in [5.41, 5.74) is 8.26. The first kappa shape index (κ1) is 8.12. The van der Waals surface area contributed by atoms with E-state index in [1.807, 2.05) is 5.43 Å². The number of carbonyl (C=O) groups is 1. The van der Waals surface area contributed by atoms with Gasteiger partial charge in [-0.25, -0.2) is 10.2 Å². The number of hydrazone groups is 1. The fourth-order valence-corrected chi connectivity index (χ4v) is 0.541. The molecule has 0 saturated heterocycles. The van der Waals surface area contributed by atoms with Crippen molar-refractivity contribution in [3.05, 3.63) is 24.2 Å². The Morgan fingerprint density at radius 2 is 2.58 bits per heavy atom. The summed E-state index contributed by atoms with van der Waals surface area (Å²) in [4.78, 5) is 10.3. The van der Waals surface area contributed by atoms with Crippen LogP contribution < -0.4 is 5.43 Å². The lowest BCUT2D eigenvalue weighted by Crippen LogP contribution is -2.11. The monoisotopic (exact) mass is 166 g/mol. The van der Waals surface area contributed by atoms with Gasteiger partial charge >= 0.3 is 6.03 Å². The normalized spacial score (nSPS) is 10.0. The van der Waals surface area contributed by atoms with Gasteiger partial charge in [0.25, 0.3) is 0 Å². The first-order valence-corrected chi connectivity index (χ1v) is 3.07. The molecule has 0 saturated carbocycles. The second-order valence-corrected chi connectivity index (χ2v) is 1.80. The third kappa shape index (κ3) is 2.33. The second-order valence-electron chi connectivity index (χ2n) is 1.80. The van der Waals surface area contributed by atoms with Gasteiger partial charge in [0.15, 0.2) is 0 Å². The average molecular weight is 166 g/mol. The molecule has 0 spiro atoms. The largest absolute Gasteiger partial charge is 0.463 e. The molecule has 0 aliphatic heterocycles. The Hall–Kier alpha value is -1.98. The zero-order valence-corrected chi connectivity index (χ0v) is 6.02. The maximum absolute atomic E-state index is 10.3. The van der Waals surface area contributed by atoms with E-state index in [2.05, 4.69) is 10.2 Å². The minimum absolute atomic E-state index is 0.514. The van der Waals surface area contributed by atoms with E-state index in [1.54, 1.807) is 12.1 Å². The highest BCUT2D eigenvalue weighted by Crippen LogP contribution is 1.94. The fourth-order valence-electron chi connectivity index (χ4n) is 0.541. The molecule has 1 rings (SSSR count). The van der Waals surface area contributed by atoms with E-state index in [9.17, 15) is 4.79 Å². The van der Waals surface area contributed by atoms with Gasteiger partial charge in [0.2, 0.25) is 0 Å². The molecule has 0 fully saturated rings. The van der Waals surface area contributed by atoms with E-state index in [1.165, 1.54) is 12.5 Å². The zero-order chi connectivity index (χ0) is 8.81. The predicted molar refractivity (Wildman–Crippen MR) is 40.0 cm³/mol. The van der Waals surface area contributed by atoms with Gasteiger partial charge in [-0.15, -0.1) is 0 Å². The summed E-state index contributed by atoms with van der Waals surface area (Å²) in [6.45, 7) is 0. The van der Waals surface area contributed by atoms with Crippen molar-refractivity contribution in [2.75, 3.05) is 0 Å². The molecule has 2 N–H and O–H groups in total. The molecule has 0 unspecified atom stereocenters. The van der Waals surface area contributed by atoms with E-state index < -0.39 is 6.03 Å². The molecule has 6 heteroatoms. The summed E-state index contributed by atoms with van der Waals surface area (Å²) in [6.07, 6.45) is 2.79. The van der Waals surface area contributed by atoms with Gasteiger partial charge in [-0.3, -0.25) is 0 Å². The molecule has 1 heterocycles. The van der Waals surface area contributed by atoms with E-state index >= 15 is 0 Å². The third-order valence-corrected chi connectivity index (χ3v) is 0.997. The molecule has 62 valence electrons. The highest BCUT2D eigenvalue weighted by atomic mass is 16.3. The number of rotatable bonds is 2. The van der Waals surface area contributed by atoms with Gasteiger partial charge in [-0.1, -0.05) is 5.11 Å². The molecule has 1 aromatic rings. The van der Waals surface area contributed by atoms with E-state index in [4.69, 9.17) is 9.95 Å². The third-order valence-electron chi connectivity index (χ3n) is 0.997. The number of urea groups is 1. The van der Waals surface area contributed by atoms with Crippen molar-refractivity contribution in [3.8, 4) is 0 Å². The number of hydrogen-bond donors (Lipinski definition) is 2. The van der Waals surface area contributed by atoms with E-state index in [0.29, 0.717) is 5.76 Å². The van der Waals surface area contributed by atoms with Crippen molar-refractivity contribution in [3.63, 3.8) is 0 Å². The molecule has 0 bridgehead atoms. The second kappa shape index (κ2) is 4.02. The Balaban J connectivity index is 2.42. The molecule has 12 heavy (non-hydrogen) atoms. The van der Waals surface area contributed by atoms with Crippen LogP contribution in [0.25, 0.3) is 0 Å². The van der Waals surface area contributed by atoms with Crippen LogP contribution in [0.2, 0.25) is 0 Å². The summed E-state index contributed by atoms with van der Waals surface area (Å²) in [6, 6.07) is 2.55. The summed E-state index contributed by atoms with van der Waals surface area (Å²) < 4.78 is 4.87. The first-order valence-electron chi connectivity index (χ1n) is 3.07. The quantitative estimate of drug-likeness (QED) is 0.394. The van der Waals surface area contributed by atoms with E-state index in [0.717, 1.165) is 0 Å². The summed E-state index contributed by atoms with van der Waals surface area (Å²) in [5.74, 6) is 0.514. The maximum atomic E-state index is 10.3. The standard InChI is InChI=1S/C6H6N4O2/c7-9-6(11)10-8-4-5-2-1-3-12-5/h1-4,7H,(H,10,11)/b8-4+,9-7?. The zero-order valence-electron chi connectivity index (χ0n) is 6.02. The smallest absolute Gasteiger partial charge is 0.379 e. The number of amides is 2. The number of furan rings is 1. The molecule has 0 atom stereocenters. The van der Waals surface area contributed by atoms with Gasteiger partial charge in [-0.2, -0.15) is 10.6 Å². The van der Waals surface area contributed by atoms with Crippen LogP contribution in [0.1, 0.15) is 5.76 Å². The highest BCUT2D eigenvalue weighted by molar-refractivity contribution is 5.79. The summed E-state index contributed by atoms with van der Waals surface area (Å²) in [7, 11) is 0. The van der Waals surface area contributed by atoms with Crippen LogP contribution in [0.3, 0.4) is 0 Å². The van der Waals surface area contributed by atoms with Crippen molar-refractivity contribution < 1.29 is 9.21 Å². The van der Waals surface area contributed by atoms with Crippen LogP contribution in [0.15, 0.2) is 33.0 Å². The topological polar surface area (TPSA) is 90.8 Å². The molecule has 2 amide bonds. The van der Waals surface area contributed by atoms with Crippen LogP contribution >= 0.6 is 0 Å². The molecule has 6 nitrogen and oxygen atoms in total. The highest BCUT2D eigenvalue weighted by Gasteiger charge is 1.91. The van der Waals surface area contributed by atoms with Crippen molar-refractivity contribution in [1.82, 2.24) is 5.43 Å². The Bertz CT molecular complexity index is 291. The van der Waals surface area contributed by atoms with Gasteiger partial charge in [0.05, 0.1) is 12.5 Å². The van der Waals surface area contributed by atoms with Crippen molar-refractivity contribution in [2.45, 2.75) is 0 Å². The molecular weight excluding hydrogens is 160 g/mol. The lowest BCUT2D eigenvalue weighted by Gasteiger charge is -1.87. The molecule has 1 aromatic heterocycles. The number of carbonyl (C=O) groups excluding carboxylic acids is 1. The molecular formula is C6H6N4O2. The molecule has 0 aliphatic rings. The lowest BCUT2D eigenvalue weighted by atomic mass is 10.5. The Labute approximate surface area is 67.8 Å². The SMILES string of the molecule is N=NC(=O)N/N=C/c1ccco1. The van der Waals surface area contributed by atoms with Crippen molar-refractivity contribution >= 4 is 12.2 Å². The van der Waals surface area contributed by atoms with E-state index in [-0.39, 0.29) is 0 Å². The fraction of sp³-hybridized carbons (Fsp3) is 0. The minimum atomic E-state index is -0.821. The van der Waals surface area contributed by atoms with Gasteiger partial charge < -0.3 is 4.42 Å². The Kier molecular flexibility index (Phi) is 2.72. The van der Waals surface area contributed by atoms with Crippen LogP contribution in [0.5, 0.6) is 0 Å². The molecule has 0 aromatic carbocycles. The predicted octanol–water partition coefficient (Wildman–Crippen LogP) is 1.35. The number of nitrogens with one attached hydrogen (secondary N) is 2. The molecule has 0 aliphatic carbocycles. The van der Waals surface area contributed by atoms with Gasteiger partial charge in [0.1, 0.15) is 5.76 Å². The maximum Gasteiger partial charge on any atom is 0.379 e. The summed E-state index contributed by atoms with van der Waals surface area (Å²) in [5, 5.41) is 6.02. The Morgan fingerprint density at radius 1 is 1.75 bits per heavy atom. The lowest BCUT2D eigenvalue weighted by molar-refractivity contribution is 0.247. The number of hydrogen-bond acceptors (Lipinski definition) is 4. The Morgan fingerprint density at radius 3 is 3.17 bits per heavy atom. The number of nitrogens with zero attached hydrogens (tertiary/aromatic N) is 2. The average Bonchev–Trinajstić information content (AvgIpc) is 2.57.